The topological polar surface area (TPSA) is 33.1 Å². The highest BCUT2D eigenvalue weighted by Crippen LogP contribution is 2.24. The molecule has 0 aliphatic rings. The van der Waals surface area contributed by atoms with Gasteiger partial charge in [-0.05, 0) is 6.92 Å². The highest BCUT2D eigenvalue weighted by molar-refractivity contribution is 5.30. The van der Waals surface area contributed by atoms with Gasteiger partial charge in [0.25, 0.3) is 6.43 Å². The second-order valence-electron chi connectivity index (χ2n) is 2.56. The molecule has 5 heteroatoms. The number of aryl methyl sites for hydroxylation is 1. The minimum absolute atomic E-state index is 0.00333. The van der Waals surface area contributed by atoms with Crippen LogP contribution >= 0.6 is 0 Å². The third kappa shape index (κ3) is 1.98. The Morgan fingerprint density at radius 1 is 1.54 bits per heavy atom. The zero-order valence-electron chi connectivity index (χ0n) is 6.89. The minimum atomic E-state index is -2.79. The molecular weight excluding hydrogens is 183 g/mol. The van der Waals surface area contributed by atoms with Gasteiger partial charge in [-0.2, -0.15) is 4.39 Å². The zero-order valence-corrected chi connectivity index (χ0v) is 6.89. The second-order valence-corrected chi connectivity index (χ2v) is 2.56. The lowest BCUT2D eigenvalue weighted by molar-refractivity contribution is 0.146. The van der Waals surface area contributed by atoms with E-state index in [-0.39, 0.29) is 11.3 Å². The summed E-state index contributed by atoms with van der Waals surface area (Å²) < 4.78 is 37.1. The first-order chi connectivity index (χ1) is 6.06. The van der Waals surface area contributed by atoms with Crippen LogP contribution in [-0.4, -0.2) is 10.1 Å². The van der Waals surface area contributed by atoms with Crippen molar-refractivity contribution in [3.8, 4) is 0 Å². The lowest BCUT2D eigenvalue weighted by atomic mass is 10.1. The molecule has 0 saturated carbocycles. The van der Waals surface area contributed by atoms with Crippen molar-refractivity contribution >= 4 is 0 Å². The molecule has 0 unspecified atom stereocenters. The van der Waals surface area contributed by atoms with Crippen LogP contribution in [0.5, 0.6) is 0 Å². The van der Waals surface area contributed by atoms with E-state index in [0.29, 0.717) is 6.07 Å². The molecule has 0 radical (unpaired) electrons. The Labute approximate surface area is 73.0 Å². The predicted octanol–water partition coefficient (Wildman–Crippen LogP) is 1.96. The summed E-state index contributed by atoms with van der Waals surface area (Å²) in [6.45, 7) is 0.819. The van der Waals surface area contributed by atoms with Crippen molar-refractivity contribution in [2.24, 2.45) is 0 Å². The molecule has 0 bridgehead atoms. The fourth-order valence-corrected chi connectivity index (χ4v) is 1.08. The number of aromatic nitrogens is 1. The molecule has 2 nitrogen and oxygen atoms in total. The number of aliphatic hydroxyl groups is 1. The lowest BCUT2D eigenvalue weighted by Gasteiger charge is -2.08. The van der Waals surface area contributed by atoms with Crippen LogP contribution < -0.4 is 0 Å². The summed E-state index contributed by atoms with van der Waals surface area (Å²) in [5.41, 5.74) is -0.401. The molecule has 1 heterocycles. The summed E-state index contributed by atoms with van der Waals surface area (Å²) in [5.74, 6) is -0.954. The first-order valence-corrected chi connectivity index (χ1v) is 3.61. The Bertz CT molecular complexity index is 315. The maximum atomic E-state index is 12.6. The largest absolute Gasteiger partial charge is 0.392 e. The van der Waals surface area contributed by atoms with Crippen molar-refractivity contribution in [1.82, 2.24) is 4.98 Å². The summed E-state index contributed by atoms with van der Waals surface area (Å²) in [6, 6.07) is 0.642. The van der Waals surface area contributed by atoms with Gasteiger partial charge in [0.2, 0.25) is 5.95 Å². The molecule has 0 aromatic carbocycles. The average molecular weight is 191 g/mol. The van der Waals surface area contributed by atoms with E-state index < -0.39 is 24.5 Å². The monoisotopic (exact) mass is 191 g/mol. The van der Waals surface area contributed by atoms with E-state index in [1.807, 2.05) is 0 Å². The molecule has 0 atom stereocenters. The molecule has 0 spiro atoms. The van der Waals surface area contributed by atoms with E-state index >= 15 is 0 Å². The third-order valence-corrected chi connectivity index (χ3v) is 1.73. The van der Waals surface area contributed by atoms with Crippen LogP contribution in [0.25, 0.3) is 0 Å². The molecule has 13 heavy (non-hydrogen) atoms. The van der Waals surface area contributed by atoms with Crippen LogP contribution in [0.4, 0.5) is 13.2 Å². The normalized spacial score (nSPS) is 10.9. The number of hydrogen-bond donors (Lipinski definition) is 1. The summed E-state index contributed by atoms with van der Waals surface area (Å²) in [7, 11) is 0. The van der Waals surface area contributed by atoms with Gasteiger partial charge in [0, 0.05) is 22.9 Å². The molecule has 1 N–H and O–H groups in total. The number of alkyl halides is 2. The molecule has 0 aliphatic carbocycles. The minimum Gasteiger partial charge on any atom is -0.392 e. The van der Waals surface area contributed by atoms with Gasteiger partial charge in [-0.3, -0.25) is 0 Å². The van der Waals surface area contributed by atoms with Gasteiger partial charge in [0.1, 0.15) is 0 Å². The lowest BCUT2D eigenvalue weighted by Crippen LogP contribution is -2.02. The van der Waals surface area contributed by atoms with Gasteiger partial charge < -0.3 is 5.11 Å². The van der Waals surface area contributed by atoms with Crippen LogP contribution in [0, 0.1) is 12.9 Å². The van der Waals surface area contributed by atoms with E-state index in [1.54, 1.807) is 0 Å². The molecule has 0 saturated heterocycles. The van der Waals surface area contributed by atoms with Crippen LogP contribution in [0.2, 0.25) is 0 Å². The Morgan fingerprint density at radius 2 is 2.15 bits per heavy atom. The first kappa shape index (κ1) is 9.98. The van der Waals surface area contributed by atoms with Crippen LogP contribution in [0.1, 0.15) is 23.2 Å². The fraction of sp³-hybridized carbons (Fsp3) is 0.375. The van der Waals surface area contributed by atoms with Crippen molar-refractivity contribution in [3.05, 3.63) is 28.8 Å². The molecule has 72 valence electrons. The standard InChI is InChI=1S/C8H8F3NO/c1-4-6(3-13)5(8(10)11)2-7(9)12-4/h2,8,13H,3H2,1H3. The first-order valence-electron chi connectivity index (χ1n) is 3.61. The summed E-state index contributed by atoms with van der Waals surface area (Å²) in [5, 5.41) is 8.74. The van der Waals surface area contributed by atoms with Crippen LogP contribution in [-0.2, 0) is 6.61 Å². The van der Waals surface area contributed by atoms with Crippen molar-refractivity contribution in [1.29, 1.82) is 0 Å². The Balaban J connectivity index is 3.29. The number of rotatable bonds is 2. The number of hydrogen-bond acceptors (Lipinski definition) is 2. The zero-order chi connectivity index (χ0) is 10.0. The quantitative estimate of drug-likeness (QED) is 0.725. The van der Waals surface area contributed by atoms with Gasteiger partial charge in [-0.15, -0.1) is 0 Å². The molecule has 0 amide bonds. The third-order valence-electron chi connectivity index (χ3n) is 1.73. The number of aliphatic hydroxyl groups excluding tert-OH is 1. The van der Waals surface area contributed by atoms with Crippen molar-refractivity contribution in [2.75, 3.05) is 0 Å². The van der Waals surface area contributed by atoms with E-state index in [2.05, 4.69) is 4.98 Å². The molecule has 0 fully saturated rings. The average Bonchev–Trinajstić information content (AvgIpc) is 2.02. The Morgan fingerprint density at radius 3 is 2.62 bits per heavy atom. The molecule has 1 rings (SSSR count). The maximum Gasteiger partial charge on any atom is 0.264 e. The second kappa shape index (κ2) is 3.74. The van der Waals surface area contributed by atoms with E-state index in [1.165, 1.54) is 6.92 Å². The van der Waals surface area contributed by atoms with Gasteiger partial charge in [0.05, 0.1) is 6.61 Å². The van der Waals surface area contributed by atoms with Gasteiger partial charge in [0.15, 0.2) is 0 Å². The summed E-state index contributed by atoms with van der Waals surface area (Å²) >= 11 is 0. The molecule has 1 aromatic heterocycles. The number of pyridine rings is 1. The summed E-state index contributed by atoms with van der Waals surface area (Å²) in [4.78, 5) is 3.33. The molecule has 0 aliphatic heterocycles. The van der Waals surface area contributed by atoms with Crippen molar-refractivity contribution in [2.45, 2.75) is 20.0 Å². The van der Waals surface area contributed by atoms with E-state index in [4.69, 9.17) is 5.11 Å². The number of nitrogens with zero attached hydrogens (tertiary/aromatic N) is 1. The smallest absolute Gasteiger partial charge is 0.264 e. The molecule has 1 aromatic rings. The van der Waals surface area contributed by atoms with Crippen LogP contribution in [0.3, 0.4) is 0 Å². The van der Waals surface area contributed by atoms with Crippen molar-refractivity contribution < 1.29 is 18.3 Å². The fourth-order valence-electron chi connectivity index (χ4n) is 1.08. The Kier molecular flexibility index (Phi) is 2.87. The van der Waals surface area contributed by atoms with Crippen LogP contribution in [0.15, 0.2) is 6.07 Å². The highest BCUT2D eigenvalue weighted by Gasteiger charge is 2.16. The summed E-state index contributed by atoms with van der Waals surface area (Å²) in [6.07, 6.45) is -2.79. The number of halogens is 3. The van der Waals surface area contributed by atoms with E-state index in [0.717, 1.165) is 0 Å². The highest BCUT2D eigenvalue weighted by atomic mass is 19.3. The Hall–Kier alpha value is -1.10. The SMILES string of the molecule is Cc1nc(F)cc(C(F)F)c1CO. The predicted molar refractivity (Wildman–Crippen MR) is 39.8 cm³/mol. The van der Waals surface area contributed by atoms with E-state index in [9.17, 15) is 13.2 Å². The van der Waals surface area contributed by atoms with Crippen molar-refractivity contribution in [3.63, 3.8) is 0 Å². The van der Waals surface area contributed by atoms with Gasteiger partial charge in [-0.1, -0.05) is 0 Å². The van der Waals surface area contributed by atoms with Gasteiger partial charge >= 0.3 is 0 Å². The molecular formula is C8H8F3NO. The van der Waals surface area contributed by atoms with Gasteiger partial charge in [-0.25, -0.2) is 13.8 Å². The maximum absolute atomic E-state index is 12.6.